The number of hydrogen-bond acceptors (Lipinski definition) is 1. The maximum Gasteiger partial charge on any atom is 0.00644 e. The van der Waals surface area contributed by atoms with Crippen LogP contribution in [0.5, 0.6) is 0 Å². The summed E-state index contributed by atoms with van der Waals surface area (Å²) in [5.74, 6) is 0. The fraction of sp³-hybridized carbons (Fsp3) is 1.00. The van der Waals surface area contributed by atoms with E-state index < -0.39 is 0 Å². The lowest BCUT2D eigenvalue weighted by atomic mass is 9.66. The van der Waals surface area contributed by atoms with Gasteiger partial charge in [0.1, 0.15) is 0 Å². The predicted octanol–water partition coefficient (Wildman–Crippen LogP) is 3.69. The Hall–Kier alpha value is -0.0400. The van der Waals surface area contributed by atoms with E-state index in [1.807, 2.05) is 0 Å². The van der Waals surface area contributed by atoms with E-state index >= 15 is 0 Å². The summed E-state index contributed by atoms with van der Waals surface area (Å²) in [6.45, 7) is 11.9. The van der Waals surface area contributed by atoms with Crippen molar-refractivity contribution in [3.05, 3.63) is 0 Å². The van der Waals surface area contributed by atoms with Gasteiger partial charge in [0.15, 0.2) is 0 Å². The van der Waals surface area contributed by atoms with E-state index in [1.165, 1.54) is 45.2 Å². The van der Waals surface area contributed by atoms with Crippen LogP contribution in [0.1, 0.15) is 59.8 Å². The Kier molecular flexibility index (Phi) is 4.43. The smallest absolute Gasteiger partial charge is 0.00644 e. The van der Waals surface area contributed by atoms with Crippen molar-refractivity contribution in [2.75, 3.05) is 13.1 Å². The molecular weight excluding hydrogens is 170 g/mol. The standard InChI is InChI=1S/C13H27N/c1-5-12(4)14(7-3)11-13(6-2)9-8-10-13/h12H,5-11H2,1-4H3. The van der Waals surface area contributed by atoms with Gasteiger partial charge in [-0.2, -0.15) is 0 Å². The Bertz CT molecular complexity index is 155. The quantitative estimate of drug-likeness (QED) is 0.628. The van der Waals surface area contributed by atoms with Gasteiger partial charge in [0.05, 0.1) is 0 Å². The number of rotatable bonds is 6. The van der Waals surface area contributed by atoms with Crippen molar-refractivity contribution in [1.29, 1.82) is 0 Å². The van der Waals surface area contributed by atoms with Crippen molar-refractivity contribution in [3.63, 3.8) is 0 Å². The first-order valence-corrected chi connectivity index (χ1v) is 6.41. The van der Waals surface area contributed by atoms with Gasteiger partial charge < -0.3 is 4.90 Å². The van der Waals surface area contributed by atoms with E-state index in [-0.39, 0.29) is 0 Å². The maximum absolute atomic E-state index is 2.67. The summed E-state index contributed by atoms with van der Waals surface area (Å²) in [5, 5.41) is 0. The molecule has 1 heteroatoms. The lowest BCUT2D eigenvalue weighted by Gasteiger charge is -2.46. The molecule has 1 rings (SSSR count). The summed E-state index contributed by atoms with van der Waals surface area (Å²) in [6, 6.07) is 0.768. The van der Waals surface area contributed by atoms with Crippen LogP contribution in [0.25, 0.3) is 0 Å². The van der Waals surface area contributed by atoms with E-state index in [0.29, 0.717) is 5.41 Å². The number of hydrogen-bond donors (Lipinski definition) is 0. The summed E-state index contributed by atoms with van der Waals surface area (Å²) >= 11 is 0. The molecular formula is C13H27N. The summed E-state index contributed by atoms with van der Waals surface area (Å²) in [4.78, 5) is 2.67. The van der Waals surface area contributed by atoms with Crippen molar-refractivity contribution in [2.45, 2.75) is 65.8 Å². The molecule has 0 bridgehead atoms. The van der Waals surface area contributed by atoms with Gasteiger partial charge >= 0.3 is 0 Å². The summed E-state index contributed by atoms with van der Waals surface area (Å²) in [5.41, 5.74) is 0.694. The van der Waals surface area contributed by atoms with Gasteiger partial charge in [0.25, 0.3) is 0 Å². The van der Waals surface area contributed by atoms with Crippen molar-refractivity contribution in [1.82, 2.24) is 4.90 Å². The summed E-state index contributed by atoms with van der Waals surface area (Å²) in [6.07, 6.45) is 7.06. The average Bonchev–Trinajstić information content (AvgIpc) is 2.16. The molecule has 0 amide bonds. The molecule has 0 aliphatic heterocycles. The molecule has 0 aromatic heterocycles. The van der Waals surface area contributed by atoms with Crippen LogP contribution in [0, 0.1) is 5.41 Å². The molecule has 0 heterocycles. The molecule has 14 heavy (non-hydrogen) atoms. The first-order valence-electron chi connectivity index (χ1n) is 6.41. The SMILES string of the molecule is CCC(C)N(CC)CC1(CC)CCC1. The third kappa shape index (κ3) is 2.50. The minimum absolute atomic E-state index is 0.694. The molecule has 0 saturated heterocycles. The Morgan fingerprint density at radius 1 is 1.21 bits per heavy atom. The fourth-order valence-electron chi connectivity index (χ4n) is 2.57. The average molecular weight is 197 g/mol. The topological polar surface area (TPSA) is 3.24 Å². The van der Waals surface area contributed by atoms with Crippen molar-refractivity contribution >= 4 is 0 Å². The Labute approximate surface area is 89.9 Å². The monoisotopic (exact) mass is 197 g/mol. The van der Waals surface area contributed by atoms with Crippen LogP contribution in [-0.2, 0) is 0 Å². The molecule has 0 radical (unpaired) electrons. The van der Waals surface area contributed by atoms with Gasteiger partial charge in [-0.05, 0) is 44.6 Å². The molecule has 1 nitrogen and oxygen atoms in total. The Balaban J connectivity index is 2.46. The Morgan fingerprint density at radius 3 is 2.14 bits per heavy atom. The van der Waals surface area contributed by atoms with Crippen LogP contribution in [0.3, 0.4) is 0 Å². The van der Waals surface area contributed by atoms with Crippen LogP contribution in [0.15, 0.2) is 0 Å². The van der Waals surface area contributed by atoms with E-state index in [4.69, 9.17) is 0 Å². The van der Waals surface area contributed by atoms with E-state index in [0.717, 1.165) is 6.04 Å². The first kappa shape index (κ1) is 12.0. The summed E-state index contributed by atoms with van der Waals surface area (Å²) < 4.78 is 0. The molecule has 0 spiro atoms. The van der Waals surface area contributed by atoms with Crippen molar-refractivity contribution in [2.24, 2.45) is 5.41 Å². The third-order valence-electron chi connectivity index (χ3n) is 4.32. The van der Waals surface area contributed by atoms with Gasteiger partial charge in [-0.25, -0.2) is 0 Å². The lowest BCUT2D eigenvalue weighted by molar-refractivity contribution is 0.0462. The second-order valence-electron chi connectivity index (χ2n) is 5.03. The first-order chi connectivity index (χ1) is 6.67. The minimum Gasteiger partial charge on any atom is -0.300 e. The van der Waals surface area contributed by atoms with Crippen LogP contribution < -0.4 is 0 Å². The molecule has 1 atom stereocenters. The molecule has 0 aromatic rings. The van der Waals surface area contributed by atoms with E-state index in [2.05, 4.69) is 32.6 Å². The highest BCUT2D eigenvalue weighted by Crippen LogP contribution is 2.44. The van der Waals surface area contributed by atoms with Crippen LogP contribution in [0.2, 0.25) is 0 Å². The van der Waals surface area contributed by atoms with Crippen LogP contribution in [-0.4, -0.2) is 24.0 Å². The molecule has 0 aromatic carbocycles. The lowest BCUT2D eigenvalue weighted by Crippen LogP contribution is -2.45. The van der Waals surface area contributed by atoms with Gasteiger partial charge in [0, 0.05) is 12.6 Å². The summed E-state index contributed by atoms with van der Waals surface area (Å²) in [7, 11) is 0. The number of nitrogens with zero attached hydrogens (tertiary/aromatic N) is 1. The predicted molar refractivity (Wildman–Crippen MR) is 63.6 cm³/mol. The fourth-order valence-corrected chi connectivity index (χ4v) is 2.57. The van der Waals surface area contributed by atoms with E-state index in [1.54, 1.807) is 0 Å². The Morgan fingerprint density at radius 2 is 1.86 bits per heavy atom. The molecule has 1 aliphatic carbocycles. The van der Waals surface area contributed by atoms with Crippen molar-refractivity contribution in [3.8, 4) is 0 Å². The molecule has 1 aliphatic rings. The zero-order valence-corrected chi connectivity index (χ0v) is 10.5. The van der Waals surface area contributed by atoms with E-state index in [9.17, 15) is 0 Å². The zero-order chi connectivity index (χ0) is 10.6. The second kappa shape index (κ2) is 5.16. The maximum atomic E-state index is 2.67. The van der Waals surface area contributed by atoms with Gasteiger partial charge in [-0.15, -0.1) is 0 Å². The highest BCUT2D eigenvalue weighted by atomic mass is 15.2. The van der Waals surface area contributed by atoms with Gasteiger partial charge in [0.2, 0.25) is 0 Å². The second-order valence-corrected chi connectivity index (χ2v) is 5.03. The molecule has 84 valence electrons. The molecule has 1 unspecified atom stereocenters. The minimum atomic E-state index is 0.694. The van der Waals surface area contributed by atoms with Gasteiger partial charge in [-0.1, -0.05) is 27.2 Å². The van der Waals surface area contributed by atoms with Crippen LogP contribution in [0.4, 0.5) is 0 Å². The third-order valence-corrected chi connectivity index (χ3v) is 4.32. The molecule has 1 saturated carbocycles. The normalized spacial score (nSPS) is 22.1. The largest absolute Gasteiger partial charge is 0.300 e. The highest BCUT2D eigenvalue weighted by molar-refractivity contribution is 4.89. The molecule has 0 N–H and O–H groups in total. The van der Waals surface area contributed by atoms with Crippen molar-refractivity contribution < 1.29 is 0 Å². The zero-order valence-electron chi connectivity index (χ0n) is 10.5. The van der Waals surface area contributed by atoms with Gasteiger partial charge in [-0.3, -0.25) is 0 Å². The highest BCUT2D eigenvalue weighted by Gasteiger charge is 2.36. The van der Waals surface area contributed by atoms with Crippen LogP contribution >= 0.6 is 0 Å². The molecule has 1 fully saturated rings.